The number of ether oxygens (including phenoxy) is 1. The molecule has 0 atom stereocenters. The SMILES string of the molecule is CCCC[N+](CCCC)(CCCC)CCCC.O=S(=O)([O-])CCOc1ccccc1. The molecule has 0 saturated heterocycles. The monoisotopic (exact) mass is 443 g/mol. The minimum Gasteiger partial charge on any atom is -0.748 e. The van der Waals surface area contributed by atoms with Crippen LogP contribution in [0.5, 0.6) is 5.75 Å². The first kappa shape index (κ1) is 28.9. The Kier molecular flexibility index (Phi) is 16.9. The van der Waals surface area contributed by atoms with Gasteiger partial charge in [-0.2, -0.15) is 0 Å². The zero-order chi connectivity index (χ0) is 22.7. The summed E-state index contributed by atoms with van der Waals surface area (Å²) in [6, 6.07) is 8.73. The highest BCUT2D eigenvalue weighted by molar-refractivity contribution is 7.85. The molecule has 176 valence electrons. The van der Waals surface area contributed by atoms with E-state index in [4.69, 9.17) is 4.74 Å². The molecular weight excluding hydrogens is 398 g/mol. The lowest BCUT2D eigenvalue weighted by Crippen LogP contribution is -2.50. The van der Waals surface area contributed by atoms with Crippen molar-refractivity contribution in [3.05, 3.63) is 30.3 Å². The average Bonchev–Trinajstić information content (AvgIpc) is 2.73. The fourth-order valence-corrected chi connectivity index (χ4v) is 3.71. The molecule has 0 spiro atoms. The average molecular weight is 444 g/mol. The molecule has 30 heavy (non-hydrogen) atoms. The van der Waals surface area contributed by atoms with Gasteiger partial charge in [-0.1, -0.05) is 71.6 Å². The summed E-state index contributed by atoms with van der Waals surface area (Å²) in [5.41, 5.74) is 0. The van der Waals surface area contributed by atoms with Gasteiger partial charge in [0.2, 0.25) is 0 Å². The molecule has 0 heterocycles. The van der Waals surface area contributed by atoms with Gasteiger partial charge >= 0.3 is 0 Å². The quantitative estimate of drug-likeness (QED) is 0.246. The van der Waals surface area contributed by atoms with Crippen LogP contribution >= 0.6 is 0 Å². The van der Waals surface area contributed by atoms with Crippen LogP contribution < -0.4 is 4.74 Å². The van der Waals surface area contributed by atoms with Crippen LogP contribution in [0.2, 0.25) is 0 Å². The van der Waals surface area contributed by atoms with Crippen molar-refractivity contribution >= 4 is 10.1 Å². The maximum absolute atomic E-state index is 10.2. The fraction of sp³-hybridized carbons (Fsp3) is 0.750. The van der Waals surface area contributed by atoms with E-state index in [9.17, 15) is 13.0 Å². The largest absolute Gasteiger partial charge is 0.748 e. The van der Waals surface area contributed by atoms with Gasteiger partial charge in [-0.15, -0.1) is 0 Å². The number of hydrogen-bond acceptors (Lipinski definition) is 4. The molecule has 1 aromatic rings. The van der Waals surface area contributed by atoms with Crippen LogP contribution in [0, 0.1) is 0 Å². The predicted molar refractivity (Wildman–Crippen MR) is 126 cm³/mol. The van der Waals surface area contributed by atoms with Crippen LogP contribution in [-0.2, 0) is 10.1 Å². The molecule has 1 aromatic carbocycles. The molecular formula is C24H45NO4S. The third-order valence-corrected chi connectivity index (χ3v) is 5.96. The van der Waals surface area contributed by atoms with Gasteiger partial charge in [0.25, 0.3) is 0 Å². The van der Waals surface area contributed by atoms with Gasteiger partial charge < -0.3 is 13.8 Å². The number of nitrogens with zero attached hydrogens (tertiary/aromatic N) is 1. The molecule has 0 unspecified atom stereocenters. The lowest BCUT2D eigenvalue weighted by Gasteiger charge is -2.39. The van der Waals surface area contributed by atoms with Crippen LogP contribution in [0.25, 0.3) is 0 Å². The second-order valence-electron chi connectivity index (χ2n) is 8.07. The van der Waals surface area contributed by atoms with Crippen LogP contribution in [0.4, 0.5) is 0 Å². The van der Waals surface area contributed by atoms with Gasteiger partial charge in [-0.3, -0.25) is 0 Å². The Labute approximate surface area is 186 Å². The summed E-state index contributed by atoms with van der Waals surface area (Å²) in [7, 11) is -4.17. The van der Waals surface area contributed by atoms with Crippen molar-refractivity contribution in [2.24, 2.45) is 0 Å². The number of benzene rings is 1. The molecule has 0 amide bonds. The van der Waals surface area contributed by atoms with E-state index in [1.165, 1.54) is 82.0 Å². The molecule has 0 bridgehead atoms. The van der Waals surface area contributed by atoms with E-state index in [-0.39, 0.29) is 6.61 Å². The number of rotatable bonds is 16. The molecule has 0 saturated carbocycles. The topological polar surface area (TPSA) is 66.4 Å². The Morgan fingerprint density at radius 3 is 1.50 bits per heavy atom. The molecule has 0 radical (unpaired) electrons. The first-order valence-corrected chi connectivity index (χ1v) is 13.4. The van der Waals surface area contributed by atoms with E-state index in [1.54, 1.807) is 24.3 Å². The summed E-state index contributed by atoms with van der Waals surface area (Å²) in [5, 5.41) is 0. The highest BCUT2D eigenvalue weighted by Gasteiger charge is 2.24. The summed E-state index contributed by atoms with van der Waals surface area (Å²) in [6.45, 7) is 14.9. The molecule has 5 nitrogen and oxygen atoms in total. The second-order valence-corrected chi connectivity index (χ2v) is 9.60. The maximum Gasteiger partial charge on any atom is 0.119 e. The first-order valence-electron chi connectivity index (χ1n) is 11.8. The molecule has 0 aliphatic heterocycles. The van der Waals surface area contributed by atoms with Crippen molar-refractivity contribution < 1.29 is 22.2 Å². The van der Waals surface area contributed by atoms with E-state index in [0.29, 0.717) is 5.75 Å². The Bertz CT molecular complexity index is 567. The third kappa shape index (κ3) is 15.7. The van der Waals surface area contributed by atoms with Crippen LogP contribution in [0.3, 0.4) is 0 Å². The third-order valence-electron chi connectivity index (χ3n) is 5.29. The van der Waals surface area contributed by atoms with Crippen molar-refractivity contribution in [1.82, 2.24) is 0 Å². The number of para-hydroxylation sites is 1. The maximum atomic E-state index is 10.2. The van der Waals surface area contributed by atoms with Crippen LogP contribution in [0.15, 0.2) is 30.3 Å². The predicted octanol–water partition coefficient (Wildman–Crippen LogP) is 5.61. The van der Waals surface area contributed by atoms with Crippen LogP contribution in [-0.4, -0.2) is 56.0 Å². The normalized spacial score (nSPS) is 11.6. The van der Waals surface area contributed by atoms with Crippen molar-refractivity contribution in [1.29, 1.82) is 0 Å². The summed E-state index contributed by atoms with van der Waals surface area (Å²) in [5.74, 6) is 0.0631. The standard InChI is InChI=1S/C16H36N.C8H10O4S/c1-5-9-13-17(14-10-6-2,15-11-7-3)16-12-8-4;9-13(10,11)7-6-12-8-4-2-1-3-5-8/h5-16H2,1-4H3;1-5H,6-7H2,(H,9,10,11)/q+1;/p-1. The smallest absolute Gasteiger partial charge is 0.119 e. The van der Waals surface area contributed by atoms with E-state index >= 15 is 0 Å². The summed E-state index contributed by atoms with van der Waals surface area (Å²) in [4.78, 5) is 0. The Morgan fingerprint density at radius 1 is 0.767 bits per heavy atom. The van der Waals surface area contributed by atoms with Gasteiger partial charge in [-0.05, 0) is 37.8 Å². The van der Waals surface area contributed by atoms with E-state index < -0.39 is 15.9 Å². The van der Waals surface area contributed by atoms with Gasteiger partial charge in [0, 0.05) is 0 Å². The highest BCUT2D eigenvalue weighted by atomic mass is 32.2. The molecule has 6 heteroatoms. The van der Waals surface area contributed by atoms with E-state index in [0.717, 1.165) is 0 Å². The lowest BCUT2D eigenvalue weighted by atomic mass is 10.1. The first-order chi connectivity index (χ1) is 14.3. The van der Waals surface area contributed by atoms with Crippen molar-refractivity contribution in [3.8, 4) is 5.75 Å². The van der Waals surface area contributed by atoms with E-state index in [2.05, 4.69) is 27.7 Å². The van der Waals surface area contributed by atoms with Crippen LogP contribution in [0.1, 0.15) is 79.1 Å². The highest BCUT2D eigenvalue weighted by Crippen LogP contribution is 2.16. The minimum atomic E-state index is -4.17. The van der Waals surface area contributed by atoms with Crippen molar-refractivity contribution in [2.45, 2.75) is 79.1 Å². The summed E-state index contributed by atoms with van der Waals surface area (Å²) in [6.07, 6.45) is 11.1. The molecule has 0 N–H and O–H groups in total. The summed E-state index contributed by atoms with van der Waals surface area (Å²) >= 11 is 0. The lowest BCUT2D eigenvalue weighted by molar-refractivity contribution is -0.929. The number of hydrogen-bond donors (Lipinski definition) is 0. The fourth-order valence-electron chi connectivity index (χ4n) is 3.42. The minimum absolute atomic E-state index is 0.101. The molecule has 0 aliphatic carbocycles. The van der Waals surface area contributed by atoms with E-state index in [1.807, 2.05) is 6.07 Å². The van der Waals surface area contributed by atoms with Gasteiger partial charge in [0.15, 0.2) is 0 Å². The van der Waals surface area contributed by atoms with Crippen molar-refractivity contribution in [3.63, 3.8) is 0 Å². The van der Waals surface area contributed by atoms with Gasteiger partial charge in [0.05, 0.1) is 42.1 Å². The number of quaternary nitrogens is 1. The zero-order valence-corrected chi connectivity index (χ0v) is 20.6. The Hall–Kier alpha value is -1.11. The van der Waals surface area contributed by atoms with Crippen molar-refractivity contribution in [2.75, 3.05) is 38.5 Å². The molecule has 0 fully saturated rings. The number of unbranched alkanes of at least 4 members (excludes halogenated alkanes) is 4. The molecule has 0 aliphatic rings. The zero-order valence-electron chi connectivity index (χ0n) is 19.8. The Morgan fingerprint density at radius 2 is 1.17 bits per heavy atom. The van der Waals surface area contributed by atoms with Gasteiger partial charge in [0.1, 0.15) is 12.4 Å². The molecule has 1 rings (SSSR count). The Balaban J connectivity index is 0.000000579. The summed E-state index contributed by atoms with van der Waals surface area (Å²) < 4.78 is 37.0. The second kappa shape index (κ2) is 17.6. The van der Waals surface area contributed by atoms with Gasteiger partial charge in [-0.25, -0.2) is 8.42 Å². The molecule has 0 aromatic heterocycles.